The van der Waals surface area contributed by atoms with Gasteiger partial charge in [0.25, 0.3) is 0 Å². The zero-order chi connectivity index (χ0) is 6.62. The molecule has 0 aliphatic heterocycles. The average molecular weight is 105 g/mol. The van der Waals surface area contributed by atoms with Gasteiger partial charge in [-0.25, -0.2) is 0 Å². The van der Waals surface area contributed by atoms with Gasteiger partial charge in [0.2, 0.25) is 0 Å². The summed E-state index contributed by atoms with van der Waals surface area (Å²) in [7, 11) is 7.65. The maximum Gasteiger partial charge on any atom is 0.107 e. The van der Waals surface area contributed by atoms with Gasteiger partial charge in [0.1, 0.15) is 7.28 Å². The highest BCUT2D eigenvalue weighted by molar-refractivity contribution is 6.53. The Hall–Kier alpha value is -0.130. The van der Waals surface area contributed by atoms with E-state index >= 15 is 0 Å². The van der Waals surface area contributed by atoms with Crippen LogP contribution in [0.4, 0.5) is 0 Å². The van der Waals surface area contributed by atoms with Crippen LogP contribution in [0, 0.1) is 0 Å². The van der Waals surface area contributed by atoms with E-state index in [1.165, 1.54) is 0 Å². The maximum atomic E-state index is 5.68. The lowest BCUT2D eigenvalue weighted by Crippen LogP contribution is -2.10. The first-order valence-corrected chi connectivity index (χ1v) is 2.85. The van der Waals surface area contributed by atoms with Crippen LogP contribution in [0.1, 0.15) is 13.8 Å². The SMILES string of the molecule is [B]C(C)([B]C)C=CC. The van der Waals surface area contributed by atoms with E-state index in [1.807, 2.05) is 40.1 Å². The van der Waals surface area contributed by atoms with Gasteiger partial charge in [0, 0.05) is 0 Å². The summed E-state index contributed by atoms with van der Waals surface area (Å²) >= 11 is 0. The molecule has 0 saturated heterocycles. The van der Waals surface area contributed by atoms with Crippen molar-refractivity contribution in [1.82, 2.24) is 0 Å². The van der Waals surface area contributed by atoms with Crippen molar-refractivity contribution < 1.29 is 0 Å². The summed E-state index contributed by atoms with van der Waals surface area (Å²) in [6, 6.07) is 0. The van der Waals surface area contributed by atoms with Crippen molar-refractivity contribution in [1.29, 1.82) is 0 Å². The summed E-state index contributed by atoms with van der Waals surface area (Å²) < 4.78 is 0. The molecule has 0 N–H and O–H groups in total. The zero-order valence-electron chi connectivity index (χ0n) is 5.81. The largest absolute Gasteiger partial charge is 0.107 e. The highest BCUT2D eigenvalue weighted by atomic mass is 13.9. The van der Waals surface area contributed by atoms with E-state index in [4.69, 9.17) is 7.85 Å². The van der Waals surface area contributed by atoms with E-state index in [2.05, 4.69) is 0 Å². The van der Waals surface area contributed by atoms with Crippen molar-refractivity contribution in [3.8, 4) is 0 Å². The molecule has 0 amide bonds. The van der Waals surface area contributed by atoms with E-state index in [0.29, 0.717) is 0 Å². The lowest BCUT2D eigenvalue weighted by atomic mass is 9.44. The lowest BCUT2D eigenvalue weighted by Gasteiger charge is -2.15. The minimum Gasteiger partial charge on any atom is -0.0991 e. The number of allylic oxidation sites excluding steroid dienone is 2. The summed E-state index contributed by atoms with van der Waals surface area (Å²) in [5.74, 6) is 0. The molecule has 0 nitrogen and oxygen atoms in total. The van der Waals surface area contributed by atoms with E-state index in [0.717, 1.165) is 0 Å². The van der Waals surface area contributed by atoms with Crippen molar-refractivity contribution in [3.05, 3.63) is 12.2 Å². The molecule has 0 aliphatic rings. The predicted molar refractivity (Wildman–Crippen MR) is 40.6 cm³/mol. The standard InChI is InChI=1S/C6H11B2/c1-4-5-6(2,7)8-3/h4-5H,1-3H3. The van der Waals surface area contributed by atoms with E-state index in [9.17, 15) is 0 Å². The lowest BCUT2D eigenvalue weighted by molar-refractivity contribution is 1.07. The van der Waals surface area contributed by atoms with Crippen LogP contribution in [0.25, 0.3) is 0 Å². The number of hydrogen-bond acceptors (Lipinski definition) is 0. The van der Waals surface area contributed by atoms with Crippen LogP contribution in [-0.2, 0) is 0 Å². The summed E-state index contributed by atoms with van der Waals surface area (Å²) in [6.45, 7) is 5.89. The summed E-state index contributed by atoms with van der Waals surface area (Å²) in [4.78, 5) is 0. The molecule has 0 bridgehead atoms. The third kappa shape index (κ3) is 2.95. The first-order valence-electron chi connectivity index (χ1n) is 2.85. The van der Waals surface area contributed by atoms with Crippen LogP contribution in [0.2, 0.25) is 12.0 Å². The van der Waals surface area contributed by atoms with E-state index in [-0.39, 0.29) is 5.21 Å². The fourth-order valence-corrected chi connectivity index (χ4v) is 0.455. The molecule has 8 heavy (non-hydrogen) atoms. The molecule has 0 aliphatic carbocycles. The van der Waals surface area contributed by atoms with Gasteiger partial charge in [0.15, 0.2) is 0 Å². The second-order valence-corrected chi connectivity index (χ2v) is 2.15. The zero-order valence-corrected chi connectivity index (χ0v) is 5.81. The molecule has 3 radical (unpaired) electrons. The van der Waals surface area contributed by atoms with Gasteiger partial charge in [-0.3, -0.25) is 0 Å². The third-order valence-electron chi connectivity index (χ3n) is 1.15. The van der Waals surface area contributed by atoms with Gasteiger partial charge in [-0.05, 0) is 6.92 Å². The second-order valence-electron chi connectivity index (χ2n) is 2.15. The molecular formula is C6H11B2. The molecular weight excluding hydrogens is 93.7 g/mol. The van der Waals surface area contributed by atoms with Gasteiger partial charge in [-0.1, -0.05) is 31.1 Å². The molecule has 0 heterocycles. The first-order chi connectivity index (χ1) is 3.62. The number of hydrogen-bond donors (Lipinski definition) is 0. The van der Waals surface area contributed by atoms with Crippen LogP contribution >= 0.6 is 0 Å². The quantitative estimate of drug-likeness (QED) is 0.369. The Bertz CT molecular complexity index is 84.5. The van der Waals surface area contributed by atoms with Crippen molar-refractivity contribution in [2.75, 3.05) is 0 Å². The van der Waals surface area contributed by atoms with Crippen molar-refractivity contribution in [3.63, 3.8) is 0 Å². The fraction of sp³-hybridized carbons (Fsp3) is 0.667. The van der Waals surface area contributed by atoms with E-state index < -0.39 is 0 Å². The highest BCUT2D eigenvalue weighted by Crippen LogP contribution is 2.18. The van der Waals surface area contributed by atoms with Gasteiger partial charge in [-0.2, -0.15) is 0 Å². The third-order valence-corrected chi connectivity index (χ3v) is 1.15. The van der Waals surface area contributed by atoms with Crippen LogP contribution < -0.4 is 0 Å². The van der Waals surface area contributed by atoms with Crippen LogP contribution in [0.15, 0.2) is 12.2 Å². The minimum absolute atomic E-state index is 0.214. The fourth-order valence-electron chi connectivity index (χ4n) is 0.455. The number of rotatable bonds is 2. The topological polar surface area (TPSA) is 0 Å². The van der Waals surface area contributed by atoms with Crippen molar-refractivity contribution in [2.45, 2.75) is 25.9 Å². The molecule has 1 unspecified atom stereocenters. The molecule has 0 aromatic carbocycles. The summed E-state index contributed by atoms with van der Waals surface area (Å²) in [5, 5.41) is -0.214. The molecule has 1 atom stereocenters. The van der Waals surface area contributed by atoms with E-state index in [1.54, 1.807) is 0 Å². The molecule has 0 aromatic rings. The Morgan fingerprint density at radius 3 is 2.25 bits per heavy atom. The second kappa shape index (κ2) is 3.01. The first kappa shape index (κ1) is 7.87. The predicted octanol–water partition coefficient (Wildman–Crippen LogP) is 1.62. The van der Waals surface area contributed by atoms with Gasteiger partial charge in [0.05, 0.1) is 7.85 Å². The Kier molecular flexibility index (Phi) is 2.96. The Morgan fingerprint density at radius 2 is 2.12 bits per heavy atom. The Morgan fingerprint density at radius 1 is 1.62 bits per heavy atom. The molecule has 0 spiro atoms. The van der Waals surface area contributed by atoms with Crippen LogP contribution in [-0.4, -0.2) is 15.1 Å². The summed E-state index contributed by atoms with van der Waals surface area (Å²) in [5.41, 5.74) is 0. The molecule has 0 rings (SSSR count). The molecule has 0 saturated carbocycles. The van der Waals surface area contributed by atoms with Gasteiger partial charge < -0.3 is 0 Å². The molecule has 2 heteroatoms. The highest BCUT2D eigenvalue weighted by Gasteiger charge is 2.08. The van der Waals surface area contributed by atoms with Gasteiger partial charge in [-0.15, -0.1) is 0 Å². The average Bonchev–Trinajstić information content (AvgIpc) is 1.67. The van der Waals surface area contributed by atoms with Crippen LogP contribution in [0.5, 0.6) is 0 Å². The monoisotopic (exact) mass is 105 g/mol. The van der Waals surface area contributed by atoms with Crippen molar-refractivity contribution in [2.24, 2.45) is 0 Å². The van der Waals surface area contributed by atoms with Gasteiger partial charge >= 0.3 is 0 Å². The normalized spacial score (nSPS) is 18.4. The minimum atomic E-state index is -0.214. The van der Waals surface area contributed by atoms with Crippen molar-refractivity contribution >= 4 is 15.1 Å². The summed E-state index contributed by atoms with van der Waals surface area (Å²) in [6.07, 6.45) is 3.92. The maximum absolute atomic E-state index is 5.68. The Labute approximate surface area is 54.0 Å². The molecule has 0 aromatic heterocycles. The van der Waals surface area contributed by atoms with Crippen LogP contribution in [0.3, 0.4) is 0 Å². The Balaban J connectivity index is 3.71. The molecule has 41 valence electrons. The molecule has 0 fully saturated rings. The smallest absolute Gasteiger partial charge is 0.0991 e.